The molecule has 1 aliphatic heterocycles. The van der Waals surface area contributed by atoms with Crippen LogP contribution in [0, 0.1) is 6.92 Å². The Balaban J connectivity index is 1.47. The molecule has 0 amide bonds. The summed E-state index contributed by atoms with van der Waals surface area (Å²) in [4.78, 5) is 34.9. The Morgan fingerprint density at radius 3 is 2.70 bits per heavy atom. The maximum atomic E-state index is 12.9. The number of piperidine rings is 1. The van der Waals surface area contributed by atoms with Crippen molar-refractivity contribution >= 4 is 28.2 Å². The average Bonchev–Trinajstić information content (AvgIpc) is 3.36. The lowest BCUT2D eigenvalue weighted by molar-refractivity contribution is 0.0690. The van der Waals surface area contributed by atoms with Gasteiger partial charge < -0.3 is 14.6 Å². The van der Waals surface area contributed by atoms with Gasteiger partial charge in [0.2, 0.25) is 0 Å². The lowest BCUT2D eigenvalue weighted by Gasteiger charge is -2.25. The predicted molar refractivity (Wildman–Crippen MR) is 116 cm³/mol. The number of hydrogen-bond donors (Lipinski definition) is 1. The number of ketones is 1. The van der Waals surface area contributed by atoms with E-state index >= 15 is 0 Å². The lowest BCUT2D eigenvalue weighted by Crippen LogP contribution is -2.29. The van der Waals surface area contributed by atoms with Gasteiger partial charge in [0.25, 0.3) is 0 Å². The molecular formula is C22H24N4O3S. The fourth-order valence-corrected chi connectivity index (χ4v) is 4.60. The van der Waals surface area contributed by atoms with Gasteiger partial charge in [0.05, 0.1) is 17.9 Å². The summed E-state index contributed by atoms with van der Waals surface area (Å²) in [6.45, 7) is 4.65. The van der Waals surface area contributed by atoms with E-state index in [1.165, 1.54) is 31.5 Å². The molecule has 0 bridgehead atoms. The molecule has 8 heteroatoms. The Kier molecular flexibility index (Phi) is 5.94. The number of carboxylic acid groups (broad SMARTS) is 1. The molecule has 7 nitrogen and oxygen atoms in total. The number of pyridine rings is 1. The van der Waals surface area contributed by atoms with Crippen molar-refractivity contribution in [1.82, 2.24) is 14.5 Å². The number of anilines is 1. The summed E-state index contributed by atoms with van der Waals surface area (Å²) in [5, 5.41) is 12.1. The van der Waals surface area contributed by atoms with Crippen LogP contribution >= 0.6 is 11.3 Å². The van der Waals surface area contributed by atoms with Crippen molar-refractivity contribution in [3.8, 4) is 0 Å². The molecule has 4 heterocycles. The quantitative estimate of drug-likeness (QED) is 0.580. The summed E-state index contributed by atoms with van der Waals surface area (Å²) >= 11 is 1.66. The third-order valence-electron chi connectivity index (χ3n) is 5.23. The maximum Gasteiger partial charge on any atom is 0.354 e. The number of hydrogen-bond acceptors (Lipinski definition) is 6. The highest BCUT2D eigenvalue weighted by Crippen LogP contribution is 2.25. The van der Waals surface area contributed by atoms with E-state index < -0.39 is 5.97 Å². The average molecular weight is 425 g/mol. The van der Waals surface area contributed by atoms with E-state index in [1.807, 2.05) is 23.8 Å². The fraction of sp³-hybridized carbons (Fsp3) is 0.364. The van der Waals surface area contributed by atoms with Gasteiger partial charge in [-0.25, -0.2) is 14.8 Å². The first-order valence-electron chi connectivity index (χ1n) is 10.1. The first-order chi connectivity index (χ1) is 14.5. The Labute approximate surface area is 179 Å². The second-order valence-electron chi connectivity index (χ2n) is 7.66. The van der Waals surface area contributed by atoms with Gasteiger partial charge >= 0.3 is 5.97 Å². The van der Waals surface area contributed by atoms with Gasteiger partial charge in [-0.2, -0.15) is 0 Å². The monoisotopic (exact) mass is 424 g/mol. The van der Waals surface area contributed by atoms with E-state index in [4.69, 9.17) is 10.1 Å². The molecule has 4 rings (SSSR count). The van der Waals surface area contributed by atoms with E-state index in [0.29, 0.717) is 17.8 Å². The molecule has 0 spiro atoms. The minimum Gasteiger partial charge on any atom is -0.477 e. The third-order valence-corrected chi connectivity index (χ3v) is 6.18. The number of thiazole rings is 1. The van der Waals surface area contributed by atoms with Crippen molar-refractivity contribution in [2.75, 3.05) is 18.0 Å². The normalized spacial score (nSPS) is 14.1. The number of aromatic nitrogens is 3. The summed E-state index contributed by atoms with van der Waals surface area (Å²) < 4.78 is 1.95. The predicted octanol–water partition coefficient (Wildman–Crippen LogP) is 3.81. The van der Waals surface area contributed by atoms with Crippen molar-refractivity contribution < 1.29 is 14.7 Å². The second-order valence-corrected chi connectivity index (χ2v) is 8.49. The summed E-state index contributed by atoms with van der Waals surface area (Å²) in [5.74, 6) is -1.11. The van der Waals surface area contributed by atoms with Gasteiger partial charge in [0.15, 0.2) is 10.9 Å². The van der Waals surface area contributed by atoms with Crippen molar-refractivity contribution in [3.05, 3.63) is 64.2 Å². The van der Waals surface area contributed by atoms with Gasteiger partial charge in [-0.15, -0.1) is 11.3 Å². The van der Waals surface area contributed by atoms with Crippen LogP contribution in [0.1, 0.15) is 57.1 Å². The van der Waals surface area contributed by atoms with Crippen LogP contribution in [0.5, 0.6) is 0 Å². The number of Topliss-reactive ketones (excluding diaryl/α,β-unsaturated/α-hetero) is 1. The largest absolute Gasteiger partial charge is 0.477 e. The highest BCUT2D eigenvalue weighted by Gasteiger charge is 2.17. The molecule has 0 unspecified atom stereocenters. The minimum absolute atomic E-state index is 0.0283. The molecule has 0 aliphatic carbocycles. The number of carbonyl (C=O) groups is 2. The number of aromatic carboxylic acids is 1. The van der Waals surface area contributed by atoms with Gasteiger partial charge in [-0.05, 0) is 49.4 Å². The molecule has 30 heavy (non-hydrogen) atoms. The fourth-order valence-electron chi connectivity index (χ4n) is 3.73. The van der Waals surface area contributed by atoms with Gasteiger partial charge in [-0.3, -0.25) is 4.79 Å². The second kappa shape index (κ2) is 8.79. The Bertz CT molecular complexity index is 1050. The first kappa shape index (κ1) is 20.3. The van der Waals surface area contributed by atoms with Crippen LogP contribution in [0.25, 0.3) is 0 Å². The zero-order chi connectivity index (χ0) is 21.1. The maximum absolute atomic E-state index is 12.9. The SMILES string of the molecule is Cc1cc(C(=O)Cc2ccc(C(=O)O)nc2)n(Cc2csc(N3CCCCC3)n2)c1. The molecule has 0 saturated carbocycles. The van der Waals surface area contributed by atoms with Crippen LogP contribution in [0.3, 0.4) is 0 Å². The molecule has 0 atom stereocenters. The van der Waals surface area contributed by atoms with Crippen LogP contribution in [-0.4, -0.2) is 44.5 Å². The molecule has 0 radical (unpaired) electrons. The molecule has 3 aromatic heterocycles. The number of carboxylic acids is 1. The van der Waals surface area contributed by atoms with Gasteiger partial charge in [-0.1, -0.05) is 6.07 Å². The van der Waals surface area contributed by atoms with E-state index in [-0.39, 0.29) is 17.9 Å². The standard InChI is InChI=1S/C22H24N4O3S/c1-15-9-19(20(27)10-16-5-6-18(21(28)29)23-11-16)26(12-15)13-17-14-30-22(24-17)25-7-3-2-4-8-25/h5-6,9,11-12,14H,2-4,7-8,10,13H2,1H3,(H,28,29). The number of rotatable bonds is 7. The molecule has 156 valence electrons. The molecular weight excluding hydrogens is 400 g/mol. The minimum atomic E-state index is -1.08. The van der Waals surface area contributed by atoms with Crippen LogP contribution in [0.4, 0.5) is 5.13 Å². The summed E-state index contributed by atoms with van der Waals surface area (Å²) in [5.41, 5.74) is 3.26. The summed E-state index contributed by atoms with van der Waals surface area (Å²) in [7, 11) is 0. The Morgan fingerprint density at radius 2 is 2.00 bits per heavy atom. The highest BCUT2D eigenvalue weighted by molar-refractivity contribution is 7.13. The first-order valence-corrected chi connectivity index (χ1v) is 10.9. The van der Waals surface area contributed by atoms with Crippen LogP contribution in [-0.2, 0) is 13.0 Å². The zero-order valence-electron chi connectivity index (χ0n) is 16.9. The van der Waals surface area contributed by atoms with E-state index in [9.17, 15) is 9.59 Å². The highest BCUT2D eigenvalue weighted by atomic mass is 32.1. The number of carbonyl (C=O) groups excluding carboxylic acids is 1. The molecule has 1 aliphatic rings. The third kappa shape index (κ3) is 4.59. The topological polar surface area (TPSA) is 88.3 Å². The van der Waals surface area contributed by atoms with Crippen molar-refractivity contribution in [2.24, 2.45) is 0 Å². The number of nitrogens with zero attached hydrogens (tertiary/aromatic N) is 4. The van der Waals surface area contributed by atoms with Crippen molar-refractivity contribution in [3.63, 3.8) is 0 Å². The smallest absolute Gasteiger partial charge is 0.354 e. The zero-order valence-corrected chi connectivity index (χ0v) is 17.7. The Hall–Kier alpha value is -3.00. The van der Waals surface area contributed by atoms with Crippen LogP contribution in [0.2, 0.25) is 0 Å². The summed E-state index contributed by atoms with van der Waals surface area (Å²) in [6, 6.07) is 4.95. The van der Waals surface area contributed by atoms with Crippen LogP contribution in [0.15, 0.2) is 36.0 Å². The molecule has 3 aromatic rings. The molecule has 1 saturated heterocycles. The van der Waals surface area contributed by atoms with E-state index in [1.54, 1.807) is 17.4 Å². The van der Waals surface area contributed by atoms with Crippen molar-refractivity contribution in [1.29, 1.82) is 0 Å². The lowest BCUT2D eigenvalue weighted by atomic mass is 10.1. The molecule has 1 N–H and O–H groups in total. The van der Waals surface area contributed by atoms with E-state index in [2.05, 4.69) is 15.3 Å². The molecule has 0 aromatic carbocycles. The van der Waals surface area contributed by atoms with Crippen LogP contribution < -0.4 is 4.90 Å². The summed E-state index contributed by atoms with van der Waals surface area (Å²) in [6.07, 6.45) is 7.31. The number of aryl methyl sites for hydroxylation is 1. The van der Waals surface area contributed by atoms with Crippen molar-refractivity contribution in [2.45, 2.75) is 39.2 Å². The van der Waals surface area contributed by atoms with Gasteiger partial charge in [0, 0.05) is 37.3 Å². The van der Waals surface area contributed by atoms with Gasteiger partial charge in [0.1, 0.15) is 5.69 Å². The van der Waals surface area contributed by atoms with E-state index in [0.717, 1.165) is 29.5 Å². The molecule has 1 fully saturated rings. The Morgan fingerprint density at radius 1 is 1.20 bits per heavy atom.